The lowest BCUT2D eigenvalue weighted by atomic mass is 10.5. The number of hydrogen-bond acceptors (Lipinski definition) is 6. The van der Waals surface area contributed by atoms with Crippen LogP contribution < -0.4 is 4.72 Å². The van der Waals surface area contributed by atoms with Gasteiger partial charge in [-0.15, -0.1) is 11.3 Å². The minimum atomic E-state index is -3.50. The number of aliphatic hydroxyl groups excluding tert-OH is 1. The van der Waals surface area contributed by atoms with Crippen molar-refractivity contribution >= 4 is 21.4 Å². The zero-order valence-electron chi connectivity index (χ0n) is 10.1. The van der Waals surface area contributed by atoms with Crippen molar-refractivity contribution in [3.63, 3.8) is 0 Å². The number of ether oxygens (including phenoxy) is 2. The van der Waals surface area contributed by atoms with E-state index in [0.29, 0.717) is 24.7 Å². The lowest BCUT2D eigenvalue weighted by molar-refractivity contribution is 0.0736. The summed E-state index contributed by atoms with van der Waals surface area (Å²) in [6.45, 7) is 1.26. The van der Waals surface area contributed by atoms with Gasteiger partial charge in [0.25, 0.3) is 0 Å². The topological polar surface area (TPSA) is 84.9 Å². The fraction of sp³-hybridized carbons (Fsp3) is 0.600. The largest absolute Gasteiger partial charge is 0.391 e. The first-order valence-electron chi connectivity index (χ1n) is 5.35. The Morgan fingerprint density at radius 3 is 2.78 bits per heavy atom. The minimum Gasteiger partial charge on any atom is -0.391 e. The molecule has 1 rings (SSSR count). The quantitative estimate of drug-likeness (QED) is 0.635. The number of thiophene rings is 1. The van der Waals surface area contributed by atoms with Crippen molar-refractivity contribution < 1.29 is 23.0 Å². The van der Waals surface area contributed by atoms with Crippen LogP contribution in [0.15, 0.2) is 16.3 Å². The molecule has 6 nitrogen and oxygen atoms in total. The smallest absolute Gasteiger partial charge is 0.241 e. The van der Waals surface area contributed by atoms with Gasteiger partial charge in [-0.25, -0.2) is 13.1 Å². The van der Waals surface area contributed by atoms with Crippen LogP contribution in [0.1, 0.15) is 4.88 Å². The zero-order valence-corrected chi connectivity index (χ0v) is 11.7. The van der Waals surface area contributed by atoms with Gasteiger partial charge in [0.05, 0.1) is 31.3 Å². The molecule has 18 heavy (non-hydrogen) atoms. The molecule has 0 aliphatic heterocycles. The highest BCUT2D eigenvalue weighted by Crippen LogP contribution is 2.18. The van der Waals surface area contributed by atoms with Crippen LogP contribution in [0, 0.1) is 0 Å². The Morgan fingerprint density at radius 2 is 2.17 bits per heavy atom. The van der Waals surface area contributed by atoms with Gasteiger partial charge in [0.1, 0.15) is 0 Å². The van der Waals surface area contributed by atoms with E-state index in [9.17, 15) is 8.42 Å². The maximum atomic E-state index is 11.8. The normalized spacial score (nSPS) is 11.9. The van der Waals surface area contributed by atoms with Gasteiger partial charge in [-0.3, -0.25) is 0 Å². The number of hydrogen-bond donors (Lipinski definition) is 2. The number of rotatable bonds is 9. The number of methoxy groups -OCH3 is 1. The minimum absolute atomic E-state index is 0.152. The van der Waals surface area contributed by atoms with Crippen LogP contribution in [-0.2, 0) is 26.1 Å². The van der Waals surface area contributed by atoms with Crippen LogP contribution in [0.4, 0.5) is 0 Å². The SMILES string of the molecule is COCCOCCNS(=O)(=O)c1csc(CO)c1. The molecule has 1 aromatic heterocycles. The van der Waals surface area contributed by atoms with Crippen molar-refractivity contribution in [1.29, 1.82) is 0 Å². The molecule has 0 aliphatic carbocycles. The molecule has 0 saturated heterocycles. The number of aliphatic hydroxyl groups is 1. The molecule has 104 valence electrons. The predicted octanol–water partition coefficient (Wildman–Crippen LogP) is 0.182. The Balaban J connectivity index is 2.36. The molecular formula is C10H17NO5S2. The van der Waals surface area contributed by atoms with E-state index in [0.717, 1.165) is 0 Å². The molecule has 0 bridgehead atoms. The molecule has 0 spiro atoms. The highest BCUT2D eigenvalue weighted by molar-refractivity contribution is 7.89. The lowest BCUT2D eigenvalue weighted by Gasteiger charge is -2.05. The van der Waals surface area contributed by atoms with Gasteiger partial charge in [0.15, 0.2) is 0 Å². The molecule has 0 radical (unpaired) electrons. The fourth-order valence-corrected chi connectivity index (χ4v) is 3.31. The van der Waals surface area contributed by atoms with Crippen molar-refractivity contribution in [1.82, 2.24) is 4.72 Å². The molecule has 0 aliphatic rings. The summed E-state index contributed by atoms with van der Waals surface area (Å²) in [7, 11) is -1.93. The fourth-order valence-electron chi connectivity index (χ4n) is 1.16. The van der Waals surface area contributed by atoms with Crippen molar-refractivity contribution in [2.24, 2.45) is 0 Å². The first-order chi connectivity index (χ1) is 8.60. The van der Waals surface area contributed by atoms with Gasteiger partial charge in [-0.2, -0.15) is 0 Å². The Morgan fingerprint density at radius 1 is 1.39 bits per heavy atom. The van der Waals surface area contributed by atoms with E-state index >= 15 is 0 Å². The van der Waals surface area contributed by atoms with E-state index in [4.69, 9.17) is 14.6 Å². The Bertz CT molecular complexity index is 443. The van der Waals surface area contributed by atoms with Gasteiger partial charge in [0, 0.05) is 23.9 Å². The Hall–Kier alpha value is -0.510. The average Bonchev–Trinajstić information content (AvgIpc) is 2.83. The molecule has 1 aromatic rings. The highest BCUT2D eigenvalue weighted by Gasteiger charge is 2.15. The summed E-state index contributed by atoms with van der Waals surface area (Å²) >= 11 is 1.21. The highest BCUT2D eigenvalue weighted by atomic mass is 32.2. The van der Waals surface area contributed by atoms with E-state index in [1.54, 1.807) is 7.11 Å². The van der Waals surface area contributed by atoms with Gasteiger partial charge < -0.3 is 14.6 Å². The van der Waals surface area contributed by atoms with Gasteiger partial charge >= 0.3 is 0 Å². The third-order valence-electron chi connectivity index (χ3n) is 2.07. The maximum absolute atomic E-state index is 11.8. The van der Waals surface area contributed by atoms with Crippen LogP contribution in [-0.4, -0.2) is 47.0 Å². The van der Waals surface area contributed by atoms with Crippen molar-refractivity contribution in [2.75, 3.05) is 33.5 Å². The molecule has 0 saturated carbocycles. The summed E-state index contributed by atoms with van der Waals surface area (Å²) in [5.74, 6) is 0. The van der Waals surface area contributed by atoms with Gasteiger partial charge in [0.2, 0.25) is 10.0 Å². The summed E-state index contributed by atoms with van der Waals surface area (Å²) in [6.07, 6.45) is 0. The summed E-state index contributed by atoms with van der Waals surface area (Å²) in [5.41, 5.74) is 0. The molecule has 0 fully saturated rings. The van der Waals surface area contributed by atoms with Gasteiger partial charge in [-0.1, -0.05) is 0 Å². The van der Waals surface area contributed by atoms with Crippen molar-refractivity contribution in [3.05, 3.63) is 16.3 Å². The average molecular weight is 295 g/mol. The summed E-state index contributed by atoms with van der Waals surface area (Å²) in [4.78, 5) is 0.792. The number of sulfonamides is 1. The lowest BCUT2D eigenvalue weighted by Crippen LogP contribution is -2.27. The van der Waals surface area contributed by atoms with Gasteiger partial charge in [-0.05, 0) is 6.07 Å². The van der Waals surface area contributed by atoms with E-state index in [-0.39, 0.29) is 18.0 Å². The van der Waals surface area contributed by atoms with Crippen LogP contribution in [0.2, 0.25) is 0 Å². The number of nitrogens with one attached hydrogen (secondary N) is 1. The van der Waals surface area contributed by atoms with E-state index in [2.05, 4.69) is 4.72 Å². The molecule has 0 atom stereocenters. The molecule has 2 N–H and O–H groups in total. The van der Waals surface area contributed by atoms with Crippen LogP contribution >= 0.6 is 11.3 Å². The molecular weight excluding hydrogens is 278 g/mol. The third-order valence-corrected chi connectivity index (χ3v) is 4.58. The first-order valence-corrected chi connectivity index (χ1v) is 7.71. The van der Waals surface area contributed by atoms with E-state index in [1.165, 1.54) is 22.8 Å². The van der Waals surface area contributed by atoms with Crippen molar-refractivity contribution in [3.8, 4) is 0 Å². The predicted molar refractivity (Wildman–Crippen MR) is 68.1 cm³/mol. The molecule has 1 heterocycles. The molecule has 0 amide bonds. The third kappa shape index (κ3) is 5.01. The van der Waals surface area contributed by atoms with Crippen LogP contribution in [0.5, 0.6) is 0 Å². The zero-order chi connectivity index (χ0) is 13.4. The maximum Gasteiger partial charge on any atom is 0.241 e. The second kappa shape index (κ2) is 7.82. The second-order valence-electron chi connectivity index (χ2n) is 3.41. The second-order valence-corrected chi connectivity index (χ2v) is 6.17. The summed E-state index contributed by atoms with van der Waals surface area (Å²) < 4.78 is 35.9. The molecule has 8 heteroatoms. The van der Waals surface area contributed by atoms with E-state index in [1.807, 2.05) is 0 Å². The van der Waals surface area contributed by atoms with Crippen LogP contribution in [0.3, 0.4) is 0 Å². The molecule has 0 aromatic carbocycles. The van der Waals surface area contributed by atoms with Crippen LogP contribution in [0.25, 0.3) is 0 Å². The van der Waals surface area contributed by atoms with Crippen molar-refractivity contribution in [2.45, 2.75) is 11.5 Å². The summed E-state index contributed by atoms with van der Waals surface area (Å²) in [6, 6.07) is 1.46. The standard InChI is InChI=1S/C10H17NO5S2/c1-15-4-5-16-3-2-11-18(13,14)10-6-9(7-12)17-8-10/h6,8,11-12H,2-5,7H2,1H3. The Labute approximate surface area is 111 Å². The first kappa shape index (κ1) is 15.5. The monoisotopic (exact) mass is 295 g/mol. The molecule has 0 unspecified atom stereocenters. The summed E-state index contributed by atoms with van der Waals surface area (Å²) in [5, 5.41) is 10.4. The Kier molecular flexibility index (Phi) is 6.76. The van der Waals surface area contributed by atoms with E-state index < -0.39 is 10.0 Å².